The van der Waals surface area contributed by atoms with Gasteiger partial charge in [0.1, 0.15) is 0 Å². The number of amides is 1. The second kappa shape index (κ2) is 7.17. The van der Waals surface area contributed by atoms with Crippen LogP contribution >= 0.6 is 0 Å². The van der Waals surface area contributed by atoms with E-state index in [2.05, 4.69) is 31.3 Å². The molecule has 1 aromatic rings. The Hall–Kier alpha value is -1.35. The lowest BCUT2D eigenvalue weighted by Gasteiger charge is -2.25. The Morgan fingerprint density at radius 1 is 1.28 bits per heavy atom. The summed E-state index contributed by atoms with van der Waals surface area (Å²) in [5, 5.41) is 2.98. The quantitative estimate of drug-likeness (QED) is 0.776. The molecule has 1 rings (SSSR count). The van der Waals surface area contributed by atoms with E-state index < -0.39 is 0 Å². The fourth-order valence-corrected chi connectivity index (χ4v) is 1.90. The molecule has 0 bridgehead atoms. The van der Waals surface area contributed by atoms with Crippen molar-refractivity contribution in [3.8, 4) is 0 Å². The van der Waals surface area contributed by atoms with Gasteiger partial charge in [0.05, 0.1) is 0 Å². The lowest BCUT2D eigenvalue weighted by molar-refractivity contribution is -0.121. The lowest BCUT2D eigenvalue weighted by atomic mass is 9.85. The van der Waals surface area contributed by atoms with E-state index in [1.165, 1.54) is 5.56 Å². The molecule has 0 spiro atoms. The molecule has 0 atom stereocenters. The number of carbonyl (C=O) groups excluding carboxylic acids is 1. The third-order valence-electron chi connectivity index (χ3n) is 2.90. The molecular formula is C15H24N2O. The number of carbonyl (C=O) groups is 1. The summed E-state index contributed by atoms with van der Waals surface area (Å²) in [6.07, 6.45) is 2.24. The third kappa shape index (κ3) is 5.82. The molecular weight excluding hydrogens is 224 g/mol. The van der Waals surface area contributed by atoms with Crippen LogP contribution in [0.1, 0.15) is 32.3 Å². The summed E-state index contributed by atoms with van der Waals surface area (Å²) in [4.78, 5) is 11.5. The van der Waals surface area contributed by atoms with E-state index in [1.54, 1.807) is 0 Å². The molecule has 0 unspecified atom stereocenters. The number of nitrogens with two attached hydrogens (primary N) is 1. The highest BCUT2D eigenvalue weighted by molar-refractivity contribution is 5.75. The van der Waals surface area contributed by atoms with Gasteiger partial charge in [-0.1, -0.05) is 44.2 Å². The fraction of sp³-hybridized carbons (Fsp3) is 0.533. The van der Waals surface area contributed by atoms with Crippen LogP contribution in [0.3, 0.4) is 0 Å². The predicted octanol–water partition coefficient (Wildman–Crippen LogP) is 2.11. The van der Waals surface area contributed by atoms with Crippen LogP contribution in [0.25, 0.3) is 0 Å². The van der Waals surface area contributed by atoms with Crippen LogP contribution in [0.15, 0.2) is 30.3 Å². The summed E-state index contributed by atoms with van der Waals surface area (Å²) in [5.74, 6) is 0.0987. The minimum Gasteiger partial charge on any atom is -0.356 e. The van der Waals surface area contributed by atoms with Gasteiger partial charge in [-0.2, -0.15) is 0 Å². The lowest BCUT2D eigenvalue weighted by Crippen LogP contribution is -2.35. The topological polar surface area (TPSA) is 55.1 Å². The van der Waals surface area contributed by atoms with Gasteiger partial charge in [0.15, 0.2) is 0 Å². The van der Waals surface area contributed by atoms with Crippen LogP contribution < -0.4 is 11.1 Å². The van der Waals surface area contributed by atoms with Crippen LogP contribution in [-0.4, -0.2) is 19.0 Å². The number of nitrogens with one attached hydrogen (secondary N) is 1. The number of benzene rings is 1. The second-order valence-corrected chi connectivity index (χ2v) is 5.50. The number of hydrogen-bond donors (Lipinski definition) is 2. The molecule has 0 saturated heterocycles. The Labute approximate surface area is 110 Å². The van der Waals surface area contributed by atoms with Gasteiger partial charge in [0.2, 0.25) is 5.91 Å². The standard InChI is InChI=1S/C15H24N2O/c1-15(2,11-13-7-4-3-5-8-13)12-17-14(18)9-6-10-16/h3-5,7-8H,6,9-12,16H2,1-2H3,(H,17,18). The molecule has 3 heteroatoms. The molecule has 1 aromatic carbocycles. The zero-order valence-electron chi connectivity index (χ0n) is 11.4. The van der Waals surface area contributed by atoms with E-state index in [1.807, 2.05) is 18.2 Å². The highest BCUT2D eigenvalue weighted by atomic mass is 16.1. The van der Waals surface area contributed by atoms with Crippen LogP contribution in [0.4, 0.5) is 0 Å². The Bertz CT molecular complexity index is 360. The number of hydrogen-bond acceptors (Lipinski definition) is 2. The van der Waals surface area contributed by atoms with Crippen LogP contribution in [-0.2, 0) is 11.2 Å². The van der Waals surface area contributed by atoms with Crippen molar-refractivity contribution in [2.75, 3.05) is 13.1 Å². The first-order valence-electron chi connectivity index (χ1n) is 6.54. The Balaban J connectivity index is 2.38. The van der Waals surface area contributed by atoms with E-state index in [-0.39, 0.29) is 11.3 Å². The molecule has 100 valence electrons. The van der Waals surface area contributed by atoms with E-state index >= 15 is 0 Å². The minimum atomic E-state index is 0.0692. The van der Waals surface area contributed by atoms with Gasteiger partial charge < -0.3 is 11.1 Å². The Kier molecular flexibility index (Phi) is 5.86. The maximum absolute atomic E-state index is 11.5. The van der Waals surface area contributed by atoms with Gasteiger partial charge in [0.25, 0.3) is 0 Å². The van der Waals surface area contributed by atoms with Crippen molar-refractivity contribution in [2.24, 2.45) is 11.1 Å². The molecule has 0 radical (unpaired) electrons. The minimum absolute atomic E-state index is 0.0692. The zero-order chi connectivity index (χ0) is 13.4. The molecule has 3 nitrogen and oxygen atoms in total. The Morgan fingerprint density at radius 2 is 1.94 bits per heavy atom. The van der Waals surface area contributed by atoms with Crippen LogP contribution in [0, 0.1) is 5.41 Å². The third-order valence-corrected chi connectivity index (χ3v) is 2.90. The average molecular weight is 248 g/mol. The van der Waals surface area contributed by atoms with Gasteiger partial charge >= 0.3 is 0 Å². The smallest absolute Gasteiger partial charge is 0.220 e. The molecule has 0 aliphatic heterocycles. The zero-order valence-corrected chi connectivity index (χ0v) is 11.4. The summed E-state index contributed by atoms with van der Waals surface area (Å²) in [5.41, 5.74) is 6.75. The average Bonchev–Trinajstić information content (AvgIpc) is 2.35. The van der Waals surface area contributed by atoms with Gasteiger partial charge in [-0.25, -0.2) is 0 Å². The molecule has 3 N–H and O–H groups in total. The van der Waals surface area contributed by atoms with E-state index in [0.29, 0.717) is 19.5 Å². The Morgan fingerprint density at radius 3 is 2.56 bits per heavy atom. The molecule has 0 heterocycles. The summed E-state index contributed by atoms with van der Waals surface area (Å²) in [6, 6.07) is 10.4. The monoisotopic (exact) mass is 248 g/mol. The van der Waals surface area contributed by atoms with Crippen molar-refractivity contribution in [2.45, 2.75) is 33.1 Å². The van der Waals surface area contributed by atoms with E-state index in [9.17, 15) is 4.79 Å². The van der Waals surface area contributed by atoms with Gasteiger partial charge in [0, 0.05) is 13.0 Å². The first kappa shape index (κ1) is 14.7. The van der Waals surface area contributed by atoms with E-state index in [4.69, 9.17) is 5.73 Å². The van der Waals surface area contributed by atoms with Crippen molar-refractivity contribution in [3.05, 3.63) is 35.9 Å². The fourth-order valence-electron chi connectivity index (χ4n) is 1.90. The molecule has 0 saturated carbocycles. The second-order valence-electron chi connectivity index (χ2n) is 5.50. The normalized spacial score (nSPS) is 11.3. The van der Waals surface area contributed by atoms with Crippen molar-refractivity contribution in [3.63, 3.8) is 0 Å². The SMILES string of the molecule is CC(C)(CNC(=O)CCCN)Cc1ccccc1. The molecule has 0 aliphatic carbocycles. The van der Waals surface area contributed by atoms with Crippen molar-refractivity contribution in [1.82, 2.24) is 5.32 Å². The molecule has 0 aromatic heterocycles. The molecule has 1 amide bonds. The molecule has 0 aliphatic rings. The van der Waals surface area contributed by atoms with Gasteiger partial charge in [-0.15, -0.1) is 0 Å². The summed E-state index contributed by atoms with van der Waals surface area (Å²) >= 11 is 0. The van der Waals surface area contributed by atoms with Crippen molar-refractivity contribution in [1.29, 1.82) is 0 Å². The summed E-state index contributed by atoms with van der Waals surface area (Å²) in [7, 11) is 0. The first-order valence-corrected chi connectivity index (χ1v) is 6.54. The first-order chi connectivity index (χ1) is 8.53. The largest absolute Gasteiger partial charge is 0.356 e. The highest BCUT2D eigenvalue weighted by Crippen LogP contribution is 2.20. The van der Waals surface area contributed by atoms with Crippen molar-refractivity contribution < 1.29 is 4.79 Å². The maximum atomic E-state index is 11.5. The maximum Gasteiger partial charge on any atom is 0.220 e. The predicted molar refractivity (Wildman–Crippen MR) is 75.2 cm³/mol. The van der Waals surface area contributed by atoms with E-state index in [0.717, 1.165) is 12.8 Å². The van der Waals surface area contributed by atoms with Gasteiger partial charge in [-0.05, 0) is 30.4 Å². The highest BCUT2D eigenvalue weighted by Gasteiger charge is 2.19. The van der Waals surface area contributed by atoms with Crippen molar-refractivity contribution >= 4 is 5.91 Å². The number of rotatable bonds is 7. The van der Waals surface area contributed by atoms with Gasteiger partial charge in [-0.3, -0.25) is 4.79 Å². The van der Waals surface area contributed by atoms with Crippen LogP contribution in [0.5, 0.6) is 0 Å². The summed E-state index contributed by atoms with van der Waals surface area (Å²) in [6.45, 7) is 5.61. The summed E-state index contributed by atoms with van der Waals surface area (Å²) < 4.78 is 0. The van der Waals surface area contributed by atoms with Crippen LogP contribution in [0.2, 0.25) is 0 Å². The molecule has 0 fully saturated rings. The molecule has 18 heavy (non-hydrogen) atoms.